The van der Waals surface area contributed by atoms with Crippen molar-refractivity contribution in [1.29, 1.82) is 0 Å². The second-order valence-electron chi connectivity index (χ2n) is 5.71. The predicted octanol–water partition coefficient (Wildman–Crippen LogP) is 1.04. The van der Waals surface area contributed by atoms with Crippen LogP contribution in [0.3, 0.4) is 0 Å². The molecule has 1 aliphatic rings. The fourth-order valence-electron chi connectivity index (χ4n) is 2.72. The molecule has 0 spiro atoms. The molecule has 2 aromatic rings. The first-order chi connectivity index (χ1) is 12.1. The van der Waals surface area contributed by atoms with Crippen LogP contribution < -0.4 is 5.56 Å². The summed E-state index contributed by atoms with van der Waals surface area (Å²) in [5.74, 6) is 0. The molecule has 0 bridgehead atoms. The van der Waals surface area contributed by atoms with E-state index < -0.39 is 44.5 Å². The summed E-state index contributed by atoms with van der Waals surface area (Å²) in [7, 11) is -4.78. The Kier molecular flexibility index (Phi) is 5.47. The zero-order valence-corrected chi connectivity index (χ0v) is 15.3. The zero-order valence-electron chi connectivity index (χ0n) is 12.9. The number of halogens is 2. The minimum atomic E-state index is -4.78. The monoisotopic (exact) mass is 425 g/mol. The molecule has 26 heavy (non-hydrogen) atoms. The van der Waals surface area contributed by atoms with Crippen LogP contribution in [0.5, 0.6) is 0 Å². The van der Waals surface area contributed by atoms with E-state index in [0.29, 0.717) is 5.39 Å². The van der Waals surface area contributed by atoms with Gasteiger partial charge in [-0.1, -0.05) is 23.2 Å². The second kappa shape index (κ2) is 7.20. The van der Waals surface area contributed by atoms with Crippen molar-refractivity contribution in [3.63, 3.8) is 0 Å². The summed E-state index contributed by atoms with van der Waals surface area (Å²) in [5.41, 5.74) is -0.547. The van der Waals surface area contributed by atoms with Gasteiger partial charge in [0.05, 0.1) is 16.7 Å². The lowest BCUT2D eigenvalue weighted by molar-refractivity contribution is -0.0534. The van der Waals surface area contributed by atoms with Gasteiger partial charge >= 0.3 is 7.82 Å². The summed E-state index contributed by atoms with van der Waals surface area (Å²) in [6, 6.07) is 4.45. The molecule has 2 heterocycles. The summed E-state index contributed by atoms with van der Waals surface area (Å²) >= 11 is 11.9. The van der Waals surface area contributed by atoms with Crippen molar-refractivity contribution in [2.45, 2.75) is 24.5 Å². The fraction of sp³-hybridized carbons (Fsp3) is 0.357. The van der Waals surface area contributed by atoms with Crippen LogP contribution >= 0.6 is 31.0 Å². The van der Waals surface area contributed by atoms with Crippen LogP contribution in [0.1, 0.15) is 6.23 Å². The molecule has 142 valence electrons. The van der Waals surface area contributed by atoms with Gasteiger partial charge in [-0.05, 0) is 23.6 Å². The van der Waals surface area contributed by atoms with Crippen molar-refractivity contribution in [3.8, 4) is 0 Å². The van der Waals surface area contributed by atoms with Gasteiger partial charge in [-0.25, -0.2) is 4.57 Å². The fourth-order valence-corrected chi connectivity index (χ4v) is 3.40. The highest BCUT2D eigenvalue weighted by atomic mass is 35.5. The summed E-state index contributed by atoms with van der Waals surface area (Å²) in [6.07, 6.45) is -4.19. The number of hydrogen-bond acceptors (Lipinski definition) is 6. The van der Waals surface area contributed by atoms with Crippen LogP contribution in [-0.4, -0.2) is 49.5 Å². The standard InChI is InChI=1S/C14H14Cl2NO8P/c15-8-3-6-1-2-17(13(20)7(6)4-9(8)16)14-12(19)11(18)10(25-14)5-24-26(21,22)23/h1-4,10-12,14,18-19H,5H2,(H2,21,22,23)/t10-,11+,12-,14-/m1/s1. The first-order valence-electron chi connectivity index (χ1n) is 7.30. The van der Waals surface area contributed by atoms with Crippen LogP contribution in [0.15, 0.2) is 29.2 Å². The minimum Gasteiger partial charge on any atom is -0.387 e. The quantitative estimate of drug-likeness (QED) is 0.532. The first-order valence-corrected chi connectivity index (χ1v) is 9.58. The van der Waals surface area contributed by atoms with Gasteiger partial charge in [0.1, 0.15) is 18.3 Å². The van der Waals surface area contributed by atoms with Gasteiger partial charge < -0.3 is 24.7 Å². The van der Waals surface area contributed by atoms with Gasteiger partial charge in [0.15, 0.2) is 6.23 Å². The van der Waals surface area contributed by atoms with E-state index in [4.69, 9.17) is 37.7 Å². The Balaban J connectivity index is 1.93. The number of rotatable bonds is 4. The number of phosphoric acid groups is 1. The van der Waals surface area contributed by atoms with Crippen molar-refractivity contribution in [2.75, 3.05) is 6.61 Å². The molecule has 4 N–H and O–H groups in total. The molecule has 1 aromatic carbocycles. The van der Waals surface area contributed by atoms with E-state index in [1.165, 1.54) is 18.3 Å². The number of aromatic nitrogens is 1. The number of aliphatic hydroxyl groups is 2. The highest BCUT2D eigenvalue weighted by Crippen LogP contribution is 2.38. The van der Waals surface area contributed by atoms with Crippen LogP contribution in [-0.2, 0) is 13.8 Å². The highest BCUT2D eigenvalue weighted by Gasteiger charge is 2.44. The predicted molar refractivity (Wildman–Crippen MR) is 92.1 cm³/mol. The minimum absolute atomic E-state index is 0.176. The maximum atomic E-state index is 12.7. The van der Waals surface area contributed by atoms with Gasteiger partial charge in [-0.3, -0.25) is 13.9 Å². The molecule has 1 aliphatic heterocycles. The molecule has 0 radical (unpaired) electrons. The Labute approximate surface area is 156 Å². The Bertz CT molecular complexity index is 944. The average molecular weight is 426 g/mol. The topological polar surface area (TPSA) is 138 Å². The lowest BCUT2D eigenvalue weighted by Crippen LogP contribution is -2.35. The molecule has 1 aromatic heterocycles. The van der Waals surface area contributed by atoms with Crippen LogP contribution in [0.2, 0.25) is 10.0 Å². The number of aliphatic hydroxyl groups excluding tert-OH is 2. The normalized spacial score (nSPS) is 26.5. The average Bonchev–Trinajstić information content (AvgIpc) is 2.83. The molecule has 3 rings (SSSR count). The maximum Gasteiger partial charge on any atom is 0.469 e. The van der Waals surface area contributed by atoms with Crippen LogP contribution in [0.25, 0.3) is 10.8 Å². The van der Waals surface area contributed by atoms with Crippen LogP contribution in [0.4, 0.5) is 0 Å². The van der Waals surface area contributed by atoms with E-state index >= 15 is 0 Å². The summed E-state index contributed by atoms with van der Waals surface area (Å²) in [6.45, 7) is -0.664. The zero-order chi connectivity index (χ0) is 19.2. The van der Waals surface area contributed by atoms with Gasteiger partial charge in [0, 0.05) is 11.6 Å². The van der Waals surface area contributed by atoms with E-state index in [0.717, 1.165) is 4.57 Å². The van der Waals surface area contributed by atoms with Crippen LogP contribution in [0, 0.1) is 0 Å². The molecule has 1 saturated heterocycles. The third-order valence-corrected chi connectivity index (χ3v) is 5.20. The summed E-state index contributed by atoms with van der Waals surface area (Å²) in [5, 5.41) is 21.4. The highest BCUT2D eigenvalue weighted by molar-refractivity contribution is 7.46. The number of nitrogens with zero attached hydrogens (tertiary/aromatic N) is 1. The smallest absolute Gasteiger partial charge is 0.387 e. The SMILES string of the molecule is O=c1c2cc(Cl)c(Cl)cc2ccn1[C@@H]1O[C@H](COP(=O)(O)O)[C@H](O)[C@H]1O. The Morgan fingerprint density at radius 1 is 1.19 bits per heavy atom. The summed E-state index contributed by atoms with van der Waals surface area (Å²) in [4.78, 5) is 30.2. The van der Waals surface area contributed by atoms with Crippen molar-refractivity contribution >= 4 is 41.8 Å². The molecule has 4 atom stereocenters. The maximum absolute atomic E-state index is 12.7. The third kappa shape index (κ3) is 3.82. The number of hydrogen-bond donors (Lipinski definition) is 4. The number of ether oxygens (including phenoxy) is 1. The first kappa shape index (κ1) is 19.8. The van der Waals surface area contributed by atoms with Crippen molar-refractivity contribution in [3.05, 3.63) is 44.8 Å². The number of phosphoric ester groups is 1. The number of pyridine rings is 1. The largest absolute Gasteiger partial charge is 0.469 e. The van der Waals surface area contributed by atoms with Gasteiger partial charge in [-0.2, -0.15) is 0 Å². The van der Waals surface area contributed by atoms with Crippen molar-refractivity contribution in [2.24, 2.45) is 0 Å². The Hall–Kier alpha value is -1.00. The number of fused-ring (bicyclic) bond motifs is 1. The lowest BCUT2D eigenvalue weighted by Gasteiger charge is -2.18. The van der Waals surface area contributed by atoms with Gasteiger partial charge in [0.25, 0.3) is 5.56 Å². The molecule has 0 unspecified atom stereocenters. The molecule has 1 fully saturated rings. The van der Waals surface area contributed by atoms with E-state index in [1.807, 2.05) is 0 Å². The van der Waals surface area contributed by atoms with Crippen molar-refractivity contribution < 1.29 is 33.8 Å². The molecule has 0 amide bonds. The second-order valence-corrected chi connectivity index (χ2v) is 7.77. The third-order valence-electron chi connectivity index (χ3n) is 3.99. The Morgan fingerprint density at radius 2 is 1.85 bits per heavy atom. The Morgan fingerprint density at radius 3 is 2.50 bits per heavy atom. The van der Waals surface area contributed by atoms with E-state index in [2.05, 4.69) is 4.52 Å². The lowest BCUT2D eigenvalue weighted by atomic mass is 10.1. The van der Waals surface area contributed by atoms with Gasteiger partial charge in [0.2, 0.25) is 0 Å². The van der Waals surface area contributed by atoms with Crippen molar-refractivity contribution in [1.82, 2.24) is 4.57 Å². The molecule has 9 nitrogen and oxygen atoms in total. The van der Waals surface area contributed by atoms with E-state index in [-0.39, 0.29) is 15.4 Å². The number of benzene rings is 1. The molecular formula is C14H14Cl2NO8P. The molecule has 0 saturated carbocycles. The van der Waals surface area contributed by atoms with E-state index in [9.17, 15) is 19.6 Å². The van der Waals surface area contributed by atoms with E-state index in [1.54, 1.807) is 6.07 Å². The van der Waals surface area contributed by atoms with Gasteiger partial charge in [-0.15, -0.1) is 0 Å². The molecular weight excluding hydrogens is 412 g/mol. The molecule has 0 aliphatic carbocycles. The summed E-state index contributed by atoms with van der Waals surface area (Å²) < 4.78 is 21.5. The molecule has 12 heteroatoms.